The van der Waals surface area contributed by atoms with Crippen LogP contribution in [0.25, 0.3) is 0 Å². The van der Waals surface area contributed by atoms with Crippen molar-refractivity contribution in [3.05, 3.63) is 24.3 Å². The first-order chi connectivity index (χ1) is 11.0. The molecule has 5 aliphatic rings. The number of aliphatic hydroxyl groups excluding tert-OH is 1. The molecule has 0 amide bonds. The molecule has 134 valence electrons. The summed E-state index contributed by atoms with van der Waals surface area (Å²) in [5.74, 6) is -1.40. The Morgan fingerprint density at radius 2 is 1.92 bits per heavy atom. The maximum Gasteiger partial charge on any atom is 0.191 e. The number of allylic oxidation sites excluding steroid dienone is 2. The molecule has 1 spiro atoms. The zero-order valence-electron chi connectivity index (χ0n) is 15.0. The van der Waals surface area contributed by atoms with Crippen LogP contribution in [0.15, 0.2) is 24.3 Å². The summed E-state index contributed by atoms with van der Waals surface area (Å²) in [6.07, 6.45) is 6.51. The fourth-order valence-electron chi connectivity index (χ4n) is 6.16. The Morgan fingerprint density at radius 3 is 2.58 bits per heavy atom. The van der Waals surface area contributed by atoms with Crippen LogP contribution in [-0.2, 0) is 4.74 Å². The lowest BCUT2D eigenvalue weighted by Crippen LogP contribution is -2.78. The van der Waals surface area contributed by atoms with E-state index in [0.29, 0.717) is 24.8 Å². The van der Waals surface area contributed by atoms with E-state index in [4.69, 9.17) is 4.74 Å². The molecule has 0 aromatic heterocycles. The highest BCUT2D eigenvalue weighted by molar-refractivity contribution is 5.42. The average Bonchev–Trinajstić information content (AvgIpc) is 2.53. The predicted octanol–water partition coefficient (Wildman–Crippen LogP) is 2.54. The van der Waals surface area contributed by atoms with Crippen LogP contribution in [0.2, 0.25) is 0 Å². The van der Waals surface area contributed by atoms with Crippen LogP contribution in [0.3, 0.4) is 0 Å². The molecule has 0 aromatic carbocycles. The molecule has 2 aliphatic heterocycles. The Kier molecular flexibility index (Phi) is 3.17. The van der Waals surface area contributed by atoms with Crippen molar-refractivity contribution in [3.8, 4) is 0 Å². The van der Waals surface area contributed by atoms with Gasteiger partial charge in [0, 0.05) is 17.4 Å². The van der Waals surface area contributed by atoms with Gasteiger partial charge in [0.05, 0.1) is 18.1 Å². The van der Waals surface area contributed by atoms with Crippen molar-refractivity contribution in [3.63, 3.8) is 0 Å². The Morgan fingerprint density at radius 1 is 1.21 bits per heavy atom. The molecule has 2 bridgehead atoms. The second kappa shape index (κ2) is 4.53. The topological polar surface area (TPSA) is 69.9 Å². The SMILES string of the molecule is C=CC1(C)C=C2C3(O)CC4C(C)(C)CCC(O)C4(CO3)C2(O)CC1. The van der Waals surface area contributed by atoms with Crippen molar-refractivity contribution >= 4 is 0 Å². The number of aliphatic hydroxyl groups is 3. The minimum absolute atomic E-state index is 0.0303. The molecular formula is C20H30O4. The molecule has 3 aliphatic carbocycles. The Bertz CT molecular complexity index is 625. The molecule has 4 fully saturated rings. The zero-order chi connectivity index (χ0) is 17.6. The average molecular weight is 334 g/mol. The van der Waals surface area contributed by atoms with Crippen LogP contribution < -0.4 is 0 Å². The number of fused-ring (bicyclic) bond motifs is 1. The number of hydrogen-bond acceptors (Lipinski definition) is 4. The minimum Gasteiger partial charge on any atom is -0.392 e. The van der Waals surface area contributed by atoms with E-state index in [1.54, 1.807) is 0 Å². The van der Waals surface area contributed by atoms with Crippen LogP contribution in [0.1, 0.15) is 52.9 Å². The van der Waals surface area contributed by atoms with Crippen LogP contribution in [0.5, 0.6) is 0 Å². The Hall–Kier alpha value is -0.680. The van der Waals surface area contributed by atoms with Gasteiger partial charge in [-0.3, -0.25) is 0 Å². The molecule has 6 atom stereocenters. The lowest BCUT2D eigenvalue weighted by molar-refractivity contribution is -0.369. The lowest BCUT2D eigenvalue weighted by Gasteiger charge is -2.71. The van der Waals surface area contributed by atoms with E-state index < -0.39 is 22.9 Å². The van der Waals surface area contributed by atoms with Gasteiger partial charge in [-0.25, -0.2) is 0 Å². The van der Waals surface area contributed by atoms with Gasteiger partial charge in [0.25, 0.3) is 0 Å². The second-order valence-corrected chi connectivity index (χ2v) is 9.54. The largest absolute Gasteiger partial charge is 0.392 e. The summed E-state index contributed by atoms with van der Waals surface area (Å²) in [5.41, 5.74) is -1.68. The molecule has 5 rings (SSSR count). The van der Waals surface area contributed by atoms with E-state index in [1.807, 2.05) is 12.2 Å². The normalized spacial score (nSPS) is 55.3. The number of ether oxygens (including phenoxy) is 1. The molecule has 4 nitrogen and oxygen atoms in total. The van der Waals surface area contributed by atoms with E-state index in [9.17, 15) is 15.3 Å². The first-order valence-electron chi connectivity index (χ1n) is 9.17. The third kappa shape index (κ3) is 1.73. The maximum absolute atomic E-state index is 11.9. The van der Waals surface area contributed by atoms with Crippen LogP contribution >= 0.6 is 0 Å². The quantitative estimate of drug-likeness (QED) is 0.645. The van der Waals surface area contributed by atoms with Crippen molar-refractivity contribution in [2.24, 2.45) is 22.2 Å². The van der Waals surface area contributed by atoms with Crippen LogP contribution in [0.4, 0.5) is 0 Å². The predicted molar refractivity (Wildman–Crippen MR) is 91.0 cm³/mol. The van der Waals surface area contributed by atoms with Crippen molar-refractivity contribution in [1.82, 2.24) is 0 Å². The molecule has 24 heavy (non-hydrogen) atoms. The van der Waals surface area contributed by atoms with E-state index in [-0.39, 0.29) is 23.4 Å². The molecule has 2 heterocycles. The number of rotatable bonds is 1. The van der Waals surface area contributed by atoms with Gasteiger partial charge in [0.1, 0.15) is 5.60 Å². The highest BCUT2D eigenvalue weighted by atomic mass is 16.6. The molecule has 0 aromatic rings. The highest BCUT2D eigenvalue weighted by Crippen LogP contribution is 2.70. The second-order valence-electron chi connectivity index (χ2n) is 9.54. The van der Waals surface area contributed by atoms with Gasteiger partial charge >= 0.3 is 0 Å². The third-order valence-corrected chi connectivity index (χ3v) is 7.85. The summed E-state index contributed by atoms with van der Waals surface area (Å²) >= 11 is 0. The third-order valence-electron chi connectivity index (χ3n) is 7.85. The lowest BCUT2D eigenvalue weighted by atomic mass is 9.40. The van der Waals surface area contributed by atoms with E-state index >= 15 is 0 Å². The van der Waals surface area contributed by atoms with E-state index in [1.165, 1.54) is 0 Å². The van der Waals surface area contributed by atoms with Gasteiger partial charge in [-0.15, -0.1) is 6.58 Å². The summed E-state index contributed by atoms with van der Waals surface area (Å²) in [6.45, 7) is 10.6. The fraction of sp³-hybridized carbons (Fsp3) is 0.800. The monoisotopic (exact) mass is 334 g/mol. The van der Waals surface area contributed by atoms with Crippen molar-refractivity contribution < 1.29 is 20.1 Å². The minimum atomic E-state index is -1.43. The summed E-state index contributed by atoms with van der Waals surface area (Å²) < 4.78 is 5.89. The first-order valence-corrected chi connectivity index (χ1v) is 9.17. The first kappa shape index (κ1) is 16.8. The molecule has 2 saturated heterocycles. The van der Waals surface area contributed by atoms with E-state index in [2.05, 4.69) is 27.4 Å². The van der Waals surface area contributed by atoms with Gasteiger partial charge in [-0.1, -0.05) is 32.9 Å². The Balaban J connectivity index is 1.95. The van der Waals surface area contributed by atoms with Crippen molar-refractivity contribution in [2.45, 2.75) is 70.4 Å². The molecule has 4 heteroatoms. The van der Waals surface area contributed by atoms with Gasteiger partial charge in [0.2, 0.25) is 0 Å². The van der Waals surface area contributed by atoms with Crippen molar-refractivity contribution in [2.75, 3.05) is 6.61 Å². The van der Waals surface area contributed by atoms with Gasteiger partial charge < -0.3 is 20.1 Å². The molecule has 6 unspecified atom stereocenters. The fourth-order valence-corrected chi connectivity index (χ4v) is 6.16. The van der Waals surface area contributed by atoms with Gasteiger partial charge in [-0.2, -0.15) is 0 Å². The smallest absolute Gasteiger partial charge is 0.191 e. The van der Waals surface area contributed by atoms with E-state index in [0.717, 1.165) is 12.8 Å². The summed E-state index contributed by atoms with van der Waals surface area (Å²) in [4.78, 5) is 0. The zero-order valence-corrected chi connectivity index (χ0v) is 15.0. The van der Waals surface area contributed by atoms with Crippen LogP contribution in [0, 0.1) is 22.2 Å². The van der Waals surface area contributed by atoms with Gasteiger partial charge in [-0.05, 0) is 37.0 Å². The molecular weight excluding hydrogens is 304 g/mol. The molecule has 0 radical (unpaired) electrons. The standard InChI is InChI=1S/C20H30O4/c1-5-17(4)8-9-19(22)14(10-17)20(23)11-13-16(2,3)7-6-15(21)18(13,19)12-24-20/h5,10,13,15,21-23H,1,6-9,11-12H2,2-4H3. The summed E-state index contributed by atoms with van der Waals surface area (Å²) in [7, 11) is 0. The Labute approximate surface area is 144 Å². The van der Waals surface area contributed by atoms with Crippen molar-refractivity contribution in [1.29, 1.82) is 0 Å². The number of hydrogen-bond donors (Lipinski definition) is 3. The molecule has 2 saturated carbocycles. The van der Waals surface area contributed by atoms with Crippen LogP contribution in [-0.4, -0.2) is 39.4 Å². The highest BCUT2D eigenvalue weighted by Gasteiger charge is 2.76. The molecule has 3 N–H and O–H groups in total. The summed E-state index contributed by atoms with van der Waals surface area (Å²) in [5, 5.41) is 34.2. The summed E-state index contributed by atoms with van der Waals surface area (Å²) in [6, 6.07) is 0. The van der Waals surface area contributed by atoms with Gasteiger partial charge in [0.15, 0.2) is 5.79 Å². The maximum atomic E-state index is 11.9.